The van der Waals surface area contributed by atoms with E-state index in [0.29, 0.717) is 0 Å². The van der Waals surface area contributed by atoms with Gasteiger partial charge in [-0.3, -0.25) is 4.68 Å². The van der Waals surface area contributed by atoms with E-state index in [0.717, 1.165) is 33.4 Å². The molecule has 0 aromatic carbocycles. The van der Waals surface area contributed by atoms with Gasteiger partial charge in [0, 0.05) is 19.3 Å². The molecule has 0 unspecified atom stereocenters. The Labute approximate surface area is 127 Å². The normalized spacial score (nSPS) is 13.0. The molecule has 0 aliphatic rings. The van der Waals surface area contributed by atoms with Crippen LogP contribution in [0.4, 0.5) is 5.13 Å². The Morgan fingerprint density at radius 3 is 2.67 bits per heavy atom. The lowest BCUT2D eigenvalue weighted by molar-refractivity contribution is 0.498. The number of aromatic nitrogens is 5. The van der Waals surface area contributed by atoms with Crippen LogP contribution in [0.15, 0.2) is 6.07 Å². The Hall–Kier alpha value is -1.89. The lowest BCUT2D eigenvalue weighted by Gasteiger charge is -2.14. The molecule has 0 bridgehead atoms. The van der Waals surface area contributed by atoms with Gasteiger partial charge in [0.15, 0.2) is 10.8 Å². The quantitative estimate of drug-likeness (QED) is 0.805. The molecule has 0 spiro atoms. The summed E-state index contributed by atoms with van der Waals surface area (Å²) in [5, 5.41) is 13.3. The van der Waals surface area contributed by atoms with Crippen LogP contribution in [0.2, 0.25) is 0 Å². The fourth-order valence-electron chi connectivity index (χ4n) is 2.57. The number of aryl methyl sites for hydroxylation is 4. The molecule has 0 radical (unpaired) electrons. The molecule has 6 nitrogen and oxygen atoms in total. The molecule has 0 saturated heterocycles. The maximum Gasteiger partial charge on any atom is 0.185 e. The Bertz CT molecular complexity index is 746. The van der Waals surface area contributed by atoms with Crippen molar-refractivity contribution in [2.24, 2.45) is 7.05 Å². The van der Waals surface area contributed by atoms with E-state index in [4.69, 9.17) is 0 Å². The van der Waals surface area contributed by atoms with Crippen LogP contribution in [0.5, 0.6) is 0 Å². The Morgan fingerprint density at radius 2 is 2.05 bits per heavy atom. The first-order chi connectivity index (χ1) is 9.95. The molecule has 3 aromatic heterocycles. The summed E-state index contributed by atoms with van der Waals surface area (Å²) in [6.45, 7) is 9.08. The number of thiazole rings is 1. The van der Waals surface area contributed by atoms with Gasteiger partial charge in [-0.2, -0.15) is 10.2 Å². The number of fused-ring (bicyclic) bond motifs is 1. The van der Waals surface area contributed by atoms with Gasteiger partial charge < -0.3 is 5.32 Å². The molecule has 0 aliphatic heterocycles. The standard InChI is InChI=1S/C14H20N6S/c1-8-6-9(2)20(17-8)10(3)7-15-14-16-13-12(21-14)11(4)18-19(13)5/h6,10H,7H2,1-5H3,(H,15,16)/t10-/m0/s1. The van der Waals surface area contributed by atoms with Crippen molar-refractivity contribution in [3.05, 3.63) is 23.1 Å². The number of anilines is 1. The van der Waals surface area contributed by atoms with Crippen LogP contribution in [0.25, 0.3) is 10.3 Å². The van der Waals surface area contributed by atoms with Crippen molar-refractivity contribution >= 4 is 26.8 Å². The van der Waals surface area contributed by atoms with Crippen molar-refractivity contribution < 1.29 is 0 Å². The van der Waals surface area contributed by atoms with Crippen LogP contribution < -0.4 is 5.32 Å². The Kier molecular flexibility index (Phi) is 3.44. The molecule has 21 heavy (non-hydrogen) atoms. The van der Waals surface area contributed by atoms with Crippen LogP contribution in [0.3, 0.4) is 0 Å². The van der Waals surface area contributed by atoms with E-state index < -0.39 is 0 Å². The number of nitrogens with zero attached hydrogens (tertiary/aromatic N) is 5. The molecule has 0 amide bonds. The van der Waals surface area contributed by atoms with E-state index in [1.54, 1.807) is 11.3 Å². The van der Waals surface area contributed by atoms with Crippen LogP contribution in [-0.4, -0.2) is 31.1 Å². The van der Waals surface area contributed by atoms with Gasteiger partial charge in [-0.15, -0.1) is 0 Å². The van der Waals surface area contributed by atoms with Gasteiger partial charge >= 0.3 is 0 Å². The average molecular weight is 304 g/mol. The molecule has 3 rings (SSSR count). The number of hydrogen-bond acceptors (Lipinski definition) is 5. The van der Waals surface area contributed by atoms with E-state index in [1.165, 1.54) is 5.69 Å². The maximum absolute atomic E-state index is 4.60. The van der Waals surface area contributed by atoms with Gasteiger partial charge in [0.05, 0.1) is 22.1 Å². The zero-order chi connectivity index (χ0) is 15.1. The molecular weight excluding hydrogens is 284 g/mol. The van der Waals surface area contributed by atoms with Crippen molar-refractivity contribution in [1.82, 2.24) is 24.5 Å². The predicted octanol–water partition coefficient (Wildman–Crippen LogP) is 2.82. The molecule has 0 saturated carbocycles. The summed E-state index contributed by atoms with van der Waals surface area (Å²) in [5.41, 5.74) is 4.22. The Balaban J connectivity index is 1.74. The monoisotopic (exact) mass is 304 g/mol. The van der Waals surface area contributed by atoms with Crippen molar-refractivity contribution in [1.29, 1.82) is 0 Å². The minimum absolute atomic E-state index is 0.282. The van der Waals surface area contributed by atoms with Gasteiger partial charge in [-0.25, -0.2) is 9.67 Å². The molecule has 0 fully saturated rings. The highest BCUT2D eigenvalue weighted by atomic mass is 32.1. The lowest BCUT2D eigenvalue weighted by atomic mass is 10.3. The summed E-state index contributed by atoms with van der Waals surface area (Å²) >= 11 is 1.66. The van der Waals surface area contributed by atoms with E-state index in [9.17, 15) is 0 Å². The molecule has 3 aromatic rings. The topological polar surface area (TPSA) is 60.6 Å². The van der Waals surface area contributed by atoms with E-state index in [1.807, 2.05) is 25.6 Å². The summed E-state index contributed by atoms with van der Waals surface area (Å²) in [6.07, 6.45) is 0. The molecule has 1 N–H and O–H groups in total. The summed E-state index contributed by atoms with van der Waals surface area (Å²) in [6, 6.07) is 2.38. The number of rotatable bonds is 4. The minimum Gasteiger partial charge on any atom is -0.359 e. The molecule has 7 heteroatoms. The highest BCUT2D eigenvalue weighted by Gasteiger charge is 2.13. The maximum atomic E-state index is 4.60. The summed E-state index contributed by atoms with van der Waals surface area (Å²) in [4.78, 5) is 4.60. The van der Waals surface area contributed by atoms with E-state index in [2.05, 4.69) is 45.1 Å². The summed E-state index contributed by atoms with van der Waals surface area (Å²) in [5.74, 6) is 0. The van der Waals surface area contributed by atoms with E-state index >= 15 is 0 Å². The number of hydrogen-bond donors (Lipinski definition) is 1. The minimum atomic E-state index is 0.282. The van der Waals surface area contributed by atoms with Crippen LogP contribution in [0.1, 0.15) is 30.0 Å². The largest absolute Gasteiger partial charge is 0.359 e. The molecule has 112 valence electrons. The third-order valence-corrected chi connectivity index (χ3v) is 4.67. The lowest BCUT2D eigenvalue weighted by Crippen LogP contribution is -2.18. The van der Waals surface area contributed by atoms with Crippen LogP contribution >= 0.6 is 11.3 Å². The highest BCUT2D eigenvalue weighted by molar-refractivity contribution is 7.22. The molecule has 0 aliphatic carbocycles. The van der Waals surface area contributed by atoms with Crippen molar-refractivity contribution in [2.45, 2.75) is 33.7 Å². The zero-order valence-corrected chi connectivity index (χ0v) is 13.8. The van der Waals surface area contributed by atoms with Crippen molar-refractivity contribution in [3.63, 3.8) is 0 Å². The first-order valence-electron chi connectivity index (χ1n) is 7.02. The second-order valence-electron chi connectivity index (χ2n) is 5.48. The van der Waals surface area contributed by atoms with Crippen LogP contribution in [-0.2, 0) is 7.05 Å². The van der Waals surface area contributed by atoms with Gasteiger partial charge in [0.1, 0.15) is 0 Å². The van der Waals surface area contributed by atoms with Crippen LogP contribution in [0, 0.1) is 20.8 Å². The first-order valence-corrected chi connectivity index (χ1v) is 7.84. The SMILES string of the molecule is Cc1cc(C)n([C@@H](C)CNc2nc3c(s2)c(C)nn3C)n1. The molecular formula is C14H20N6S. The average Bonchev–Trinajstić information content (AvgIpc) is 3.05. The highest BCUT2D eigenvalue weighted by Crippen LogP contribution is 2.28. The van der Waals surface area contributed by atoms with Gasteiger partial charge in [0.2, 0.25) is 0 Å². The zero-order valence-electron chi connectivity index (χ0n) is 13.0. The Morgan fingerprint density at radius 1 is 1.29 bits per heavy atom. The van der Waals surface area contributed by atoms with Gasteiger partial charge in [-0.1, -0.05) is 11.3 Å². The summed E-state index contributed by atoms with van der Waals surface area (Å²) < 4.78 is 5.04. The van der Waals surface area contributed by atoms with Crippen molar-refractivity contribution in [3.8, 4) is 0 Å². The summed E-state index contributed by atoms with van der Waals surface area (Å²) in [7, 11) is 1.93. The smallest absolute Gasteiger partial charge is 0.185 e. The third-order valence-electron chi connectivity index (χ3n) is 3.56. The molecule has 1 atom stereocenters. The van der Waals surface area contributed by atoms with E-state index in [-0.39, 0.29) is 6.04 Å². The second-order valence-corrected chi connectivity index (χ2v) is 6.48. The fourth-order valence-corrected chi connectivity index (χ4v) is 3.51. The fraction of sp³-hybridized carbons (Fsp3) is 0.500. The van der Waals surface area contributed by atoms with Gasteiger partial charge in [0.25, 0.3) is 0 Å². The van der Waals surface area contributed by atoms with Gasteiger partial charge in [-0.05, 0) is 33.8 Å². The second kappa shape index (κ2) is 5.14. The first kappa shape index (κ1) is 14.1. The van der Waals surface area contributed by atoms with Crippen molar-refractivity contribution in [2.75, 3.05) is 11.9 Å². The molecule has 3 heterocycles. The number of nitrogens with one attached hydrogen (secondary N) is 1. The predicted molar refractivity (Wildman–Crippen MR) is 86.0 cm³/mol. The third kappa shape index (κ3) is 2.53.